The van der Waals surface area contributed by atoms with Crippen molar-refractivity contribution in [1.82, 2.24) is 9.13 Å². The Hall–Kier alpha value is -7.08. The van der Waals surface area contributed by atoms with E-state index in [4.69, 9.17) is 4.42 Å². The Labute approximate surface area is 280 Å². The molecule has 0 unspecified atom stereocenters. The minimum absolute atomic E-state index is 0.562. The Balaban J connectivity index is 1.17. The number of fused-ring (bicyclic) bond motifs is 10. The molecule has 0 amide bonds. The van der Waals surface area contributed by atoms with Crippen molar-refractivity contribution in [2.24, 2.45) is 0 Å². The van der Waals surface area contributed by atoms with Crippen molar-refractivity contribution >= 4 is 65.6 Å². The van der Waals surface area contributed by atoms with Crippen molar-refractivity contribution in [1.29, 1.82) is 10.5 Å². The second-order valence-corrected chi connectivity index (χ2v) is 12.4. The summed E-state index contributed by atoms with van der Waals surface area (Å²) in [5.74, 6) is 0. The van der Waals surface area contributed by atoms with E-state index in [2.05, 4.69) is 118 Å². The molecule has 3 heterocycles. The smallest absolute Gasteiger partial charge is 0.145 e. The maximum absolute atomic E-state index is 10.2. The molecule has 0 atom stereocenters. The molecule has 49 heavy (non-hydrogen) atoms. The molecule has 0 spiro atoms. The number of nitriles is 2. The zero-order chi connectivity index (χ0) is 32.6. The highest BCUT2D eigenvalue weighted by Crippen LogP contribution is 2.41. The first-order valence-electron chi connectivity index (χ1n) is 16.1. The van der Waals surface area contributed by atoms with Gasteiger partial charge in [-0.25, -0.2) is 0 Å². The monoisotopic (exact) mass is 624 g/mol. The van der Waals surface area contributed by atoms with Gasteiger partial charge in [0.1, 0.15) is 11.2 Å². The highest BCUT2D eigenvalue weighted by Gasteiger charge is 2.20. The molecule has 0 saturated heterocycles. The van der Waals surface area contributed by atoms with Crippen molar-refractivity contribution in [2.75, 3.05) is 0 Å². The summed E-state index contributed by atoms with van der Waals surface area (Å²) in [4.78, 5) is 0. The lowest BCUT2D eigenvalue weighted by molar-refractivity contribution is 0.673. The summed E-state index contributed by atoms with van der Waals surface area (Å²) in [5.41, 5.74) is 10.8. The second-order valence-electron chi connectivity index (χ2n) is 12.4. The van der Waals surface area contributed by atoms with Crippen LogP contribution < -0.4 is 0 Å². The number of rotatable bonds is 3. The molecule has 5 nitrogen and oxygen atoms in total. The largest absolute Gasteiger partial charge is 0.455 e. The molecule has 0 radical (unpaired) electrons. The average Bonchev–Trinajstić information content (AvgIpc) is 3.82. The normalized spacial score (nSPS) is 11.6. The predicted octanol–water partition coefficient (Wildman–Crippen LogP) is 11.2. The van der Waals surface area contributed by atoms with Crippen LogP contribution in [-0.4, -0.2) is 9.13 Å². The van der Waals surface area contributed by atoms with Gasteiger partial charge < -0.3 is 13.6 Å². The SMILES string of the molecule is N#Cc1cc(-c2ccc(-n3c4ccccc4c4ccccc43)cc2)cc(-n2c3ccc(C#N)cc3c3c4oc5ccccc5c4ccc32)c1. The molecule has 0 saturated carbocycles. The zero-order valence-corrected chi connectivity index (χ0v) is 26.1. The van der Waals surface area contributed by atoms with E-state index in [1.165, 1.54) is 10.8 Å². The van der Waals surface area contributed by atoms with E-state index in [1.807, 2.05) is 48.5 Å². The third-order valence-corrected chi connectivity index (χ3v) is 9.75. The Morgan fingerprint density at radius 2 is 1.06 bits per heavy atom. The van der Waals surface area contributed by atoms with Gasteiger partial charge in [0.05, 0.1) is 50.7 Å². The highest BCUT2D eigenvalue weighted by molar-refractivity contribution is 6.24. The lowest BCUT2D eigenvalue weighted by atomic mass is 10.0. The third-order valence-electron chi connectivity index (χ3n) is 9.75. The Morgan fingerprint density at radius 1 is 0.429 bits per heavy atom. The fraction of sp³-hybridized carbons (Fsp3) is 0. The van der Waals surface area contributed by atoms with Crippen molar-refractivity contribution in [3.05, 3.63) is 157 Å². The number of aromatic nitrogens is 2. The number of hydrogen-bond acceptors (Lipinski definition) is 3. The summed E-state index contributed by atoms with van der Waals surface area (Å²) in [6.07, 6.45) is 0. The van der Waals surface area contributed by atoms with Gasteiger partial charge in [0, 0.05) is 38.3 Å². The van der Waals surface area contributed by atoms with Crippen LogP contribution in [0.25, 0.3) is 88.1 Å². The Morgan fingerprint density at radius 3 is 1.80 bits per heavy atom. The maximum atomic E-state index is 10.2. The van der Waals surface area contributed by atoms with Gasteiger partial charge in [-0.05, 0) is 90.0 Å². The number of para-hydroxylation sites is 3. The molecule has 10 aromatic rings. The van der Waals surface area contributed by atoms with Gasteiger partial charge in [0.2, 0.25) is 0 Å². The predicted molar refractivity (Wildman–Crippen MR) is 197 cm³/mol. The van der Waals surface area contributed by atoms with E-state index in [9.17, 15) is 10.5 Å². The summed E-state index contributed by atoms with van der Waals surface area (Å²) < 4.78 is 11.0. The summed E-state index contributed by atoms with van der Waals surface area (Å²) >= 11 is 0. The molecule has 7 aromatic carbocycles. The zero-order valence-electron chi connectivity index (χ0n) is 26.1. The lowest BCUT2D eigenvalue weighted by Gasteiger charge is -2.13. The number of hydrogen-bond donors (Lipinski definition) is 0. The van der Waals surface area contributed by atoms with Crippen LogP contribution in [0, 0.1) is 22.7 Å². The van der Waals surface area contributed by atoms with Crippen molar-refractivity contribution < 1.29 is 4.42 Å². The molecular formula is C44H24N4O. The topological polar surface area (TPSA) is 70.6 Å². The van der Waals surface area contributed by atoms with Gasteiger partial charge in [0.25, 0.3) is 0 Å². The Kier molecular flexibility index (Phi) is 5.64. The van der Waals surface area contributed by atoms with E-state index < -0.39 is 0 Å². The molecule has 226 valence electrons. The molecule has 0 fully saturated rings. The van der Waals surface area contributed by atoms with Gasteiger partial charge in [-0.15, -0.1) is 0 Å². The minimum Gasteiger partial charge on any atom is -0.455 e. The van der Waals surface area contributed by atoms with Crippen molar-refractivity contribution in [3.8, 4) is 34.6 Å². The molecule has 0 aliphatic heterocycles. The minimum atomic E-state index is 0.562. The molecule has 10 rings (SSSR count). The summed E-state index contributed by atoms with van der Waals surface area (Å²) in [7, 11) is 0. The quantitative estimate of drug-likeness (QED) is 0.196. The van der Waals surface area contributed by atoms with Crippen LogP contribution in [0.1, 0.15) is 11.1 Å². The van der Waals surface area contributed by atoms with Crippen molar-refractivity contribution in [2.45, 2.75) is 0 Å². The highest BCUT2D eigenvalue weighted by atomic mass is 16.3. The fourth-order valence-corrected chi connectivity index (χ4v) is 7.61. The van der Waals surface area contributed by atoms with Gasteiger partial charge in [0.15, 0.2) is 0 Å². The summed E-state index contributed by atoms with van der Waals surface area (Å²) in [6.45, 7) is 0. The third kappa shape index (κ3) is 3.91. The molecule has 3 aromatic heterocycles. The molecule has 0 aliphatic carbocycles. The number of nitrogens with zero attached hydrogens (tertiary/aromatic N) is 4. The van der Waals surface area contributed by atoms with Crippen LogP contribution in [0.3, 0.4) is 0 Å². The van der Waals surface area contributed by atoms with E-state index in [0.29, 0.717) is 11.1 Å². The molecule has 0 aliphatic rings. The molecule has 0 bridgehead atoms. The van der Waals surface area contributed by atoms with Crippen molar-refractivity contribution in [3.63, 3.8) is 0 Å². The molecular weight excluding hydrogens is 601 g/mol. The van der Waals surface area contributed by atoms with Crippen LogP contribution in [0.2, 0.25) is 0 Å². The summed E-state index contributed by atoms with van der Waals surface area (Å²) in [5, 5.41) is 26.4. The lowest BCUT2D eigenvalue weighted by Crippen LogP contribution is -1.97. The Bertz CT molecular complexity index is 3020. The van der Waals surface area contributed by atoms with E-state index in [1.54, 1.807) is 0 Å². The van der Waals surface area contributed by atoms with Crippen LogP contribution in [0.4, 0.5) is 0 Å². The van der Waals surface area contributed by atoms with Crippen LogP contribution >= 0.6 is 0 Å². The van der Waals surface area contributed by atoms with E-state index in [-0.39, 0.29) is 0 Å². The van der Waals surface area contributed by atoms with Gasteiger partial charge in [-0.3, -0.25) is 0 Å². The first-order valence-corrected chi connectivity index (χ1v) is 16.1. The molecule has 5 heteroatoms. The van der Waals surface area contributed by atoms with Gasteiger partial charge >= 0.3 is 0 Å². The van der Waals surface area contributed by atoms with Crippen LogP contribution in [0.5, 0.6) is 0 Å². The number of benzene rings is 7. The number of furan rings is 1. The van der Waals surface area contributed by atoms with E-state index in [0.717, 1.165) is 77.3 Å². The molecule has 0 N–H and O–H groups in total. The van der Waals surface area contributed by atoms with E-state index >= 15 is 0 Å². The van der Waals surface area contributed by atoms with Crippen LogP contribution in [-0.2, 0) is 0 Å². The average molecular weight is 625 g/mol. The summed E-state index contributed by atoms with van der Waals surface area (Å²) in [6, 6.07) is 54.3. The first-order chi connectivity index (χ1) is 24.2. The standard InChI is InChI=1S/C44H24N4O/c45-25-27-13-19-40-37(23-27)43-41(20-18-36-35-9-3-6-12-42(35)49-44(36)43)48(40)32-22-28(26-46)21-30(24-32)29-14-16-31(17-15-29)47-38-10-4-1-7-33(38)34-8-2-5-11-39(34)47/h1-24H. The first kappa shape index (κ1) is 27.1. The van der Waals surface area contributed by atoms with Gasteiger partial charge in [-0.1, -0.05) is 66.7 Å². The van der Waals surface area contributed by atoms with Crippen LogP contribution in [0.15, 0.2) is 150 Å². The fourth-order valence-electron chi connectivity index (χ4n) is 7.61. The second kappa shape index (κ2) is 10.2. The van der Waals surface area contributed by atoms with Gasteiger partial charge in [-0.2, -0.15) is 10.5 Å². The maximum Gasteiger partial charge on any atom is 0.145 e.